The number of aromatic nitrogens is 1. The summed E-state index contributed by atoms with van der Waals surface area (Å²) in [6, 6.07) is 5.49. The predicted octanol–water partition coefficient (Wildman–Crippen LogP) is 1.88. The molecule has 1 fully saturated rings. The molecule has 1 N–H and O–H groups in total. The Bertz CT molecular complexity index is 424. The van der Waals surface area contributed by atoms with Crippen molar-refractivity contribution in [2.75, 3.05) is 0 Å². The number of nitrogens with zero attached hydrogens (tertiary/aromatic N) is 1. The molecule has 1 saturated carbocycles. The molecule has 0 spiro atoms. The van der Waals surface area contributed by atoms with Gasteiger partial charge in [-0.3, -0.25) is 4.79 Å². The minimum Gasteiger partial charge on any atom is -0.393 e. The maximum absolute atomic E-state index is 11.9. The SMILES string of the molecule is Cc1cccc(=O)n1C1CC(O)CCC1C. The van der Waals surface area contributed by atoms with Crippen LogP contribution in [0.2, 0.25) is 0 Å². The summed E-state index contributed by atoms with van der Waals surface area (Å²) in [5.41, 5.74) is 1.03. The number of rotatable bonds is 1. The molecule has 2 rings (SSSR count). The van der Waals surface area contributed by atoms with E-state index in [0.29, 0.717) is 12.3 Å². The summed E-state index contributed by atoms with van der Waals surface area (Å²) in [7, 11) is 0. The Labute approximate surface area is 95.7 Å². The monoisotopic (exact) mass is 221 g/mol. The van der Waals surface area contributed by atoms with Gasteiger partial charge in [0.05, 0.1) is 6.10 Å². The van der Waals surface area contributed by atoms with Crippen molar-refractivity contribution in [2.45, 2.75) is 45.3 Å². The number of pyridine rings is 1. The third-order valence-corrected chi connectivity index (χ3v) is 3.65. The van der Waals surface area contributed by atoms with E-state index in [1.807, 2.05) is 17.6 Å². The highest BCUT2D eigenvalue weighted by Crippen LogP contribution is 2.33. The lowest BCUT2D eigenvalue weighted by Crippen LogP contribution is -2.35. The van der Waals surface area contributed by atoms with Crippen molar-refractivity contribution in [3.8, 4) is 0 Å². The van der Waals surface area contributed by atoms with Crippen LogP contribution < -0.4 is 5.56 Å². The molecule has 3 heteroatoms. The van der Waals surface area contributed by atoms with Gasteiger partial charge >= 0.3 is 0 Å². The van der Waals surface area contributed by atoms with Crippen molar-refractivity contribution < 1.29 is 5.11 Å². The molecule has 0 radical (unpaired) electrons. The van der Waals surface area contributed by atoms with Crippen LogP contribution in [-0.4, -0.2) is 15.8 Å². The summed E-state index contributed by atoms with van der Waals surface area (Å²) in [5, 5.41) is 9.73. The molecule has 3 nitrogen and oxygen atoms in total. The molecular weight excluding hydrogens is 202 g/mol. The van der Waals surface area contributed by atoms with Crippen LogP contribution in [0.3, 0.4) is 0 Å². The van der Waals surface area contributed by atoms with Gasteiger partial charge in [0.25, 0.3) is 5.56 Å². The number of aryl methyl sites for hydroxylation is 1. The second-order valence-electron chi connectivity index (χ2n) is 4.89. The first kappa shape index (κ1) is 11.4. The second-order valence-corrected chi connectivity index (χ2v) is 4.89. The molecule has 0 amide bonds. The lowest BCUT2D eigenvalue weighted by molar-refractivity contribution is 0.0760. The number of aliphatic hydroxyl groups excluding tert-OH is 1. The quantitative estimate of drug-likeness (QED) is 0.786. The molecule has 88 valence electrons. The van der Waals surface area contributed by atoms with E-state index in [-0.39, 0.29) is 17.7 Å². The highest BCUT2D eigenvalue weighted by molar-refractivity contribution is 5.07. The Balaban J connectivity index is 2.39. The molecular formula is C13H19NO2. The van der Waals surface area contributed by atoms with Crippen LogP contribution in [-0.2, 0) is 0 Å². The van der Waals surface area contributed by atoms with Gasteiger partial charge in [-0.05, 0) is 38.2 Å². The zero-order chi connectivity index (χ0) is 11.7. The molecule has 0 saturated heterocycles. The van der Waals surface area contributed by atoms with Gasteiger partial charge in [-0.15, -0.1) is 0 Å². The Morgan fingerprint density at radius 2 is 2.12 bits per heavy atom. The molecule has 3 atom stereocenters. The summed E-state index contributed by atoms with van der Waals surface area (Å²) < 4.78 is 1.84. The molecule has 1 aromatic heterocycles. The molecule has 0 aromatic carbocycles. The third kappa shape index (κ3) is 2.05. The van der Waals surface area contributed by atoms with Gasteiger partial charge in [-0.2, -0.15) is 0 Å². The lowest BCUT2D eigenvalue weighted by Gasteiger charge is -2.34. The third-order valence-electron chi connectivity index (χ3n) is 3.65. The van der Waals surface area contributed by atoms with Crippen LogP contribution in [0.5, 0.6) is 0 Å². The fraction of sp³-hybridized carbons (Fsp3) is 0.615. The number of hydrogen-bond acceptors (Lipinski definition) is 2. The summed E-state index contributed by atoms with van der Waals surface area (Å²) in [6.45, 7) is 4.12. The molecule has 1 aliphatic rings. The van der Waals surface area contributed by atoms with Gasteiger partial charge in [0.15, 0.2) is 0 Å². The van der Waals surface area contributed by atoms with Gasteiger partial charge in [0.1, 0.15) is 0 Å². The molecule has 0 aliphatic heterocycles. The molecule has 1 heterocycles. The van der Waals surface area contributed by atoms with E-state index in [0.717, 1.165) is 18.5 Å². The predicted molar refractivity (Wildman–Crippen MR) is 63.5 cm³/mol. The van der Waals surface area contributed by atoms with E-state index in [2.05, 4.69) is 6.92 Å². The fourth-order valence-electron chi connectivity index (χ4n) is 2.67. The summed E-state index contributed by atoms with van der Waals surface area (Å²) in [5.74, 6) is 0.460. The Hall–Kier alpha value is -1.09. The smallest absolute Gasteiger partial charge is 0.250 e. The van der Waals surface area contributed by atoms with E-state index in [1.165, 1.54) is 0 Å². The van der Waals surface area contributed by atoms with Crippen molar-refractivity contribution in [1.82, 2.24) is 4.57 Å². The van der Waals surface area contributed by atoms with Crippen LogP contribution in [0.4, 0.5) is 0 Å². The van der Waals surface area contributed by atoms with Crippen molar-refractivity contribution >= 4 is 0 Å². The Morgan fingerprint density at radius 3 is 2.81 bits per heavy atom. The fourth-order valence-corrected chi connectivity index (χ4v) is 2.67. The van der Waals surface area contributed by atoms with Gasteiger partial charge in [0, 0.05) is 17.8 Å². The minimum atomic E-state index is -0.257. The average Bonchev–Trinajstić information content (AvgIpc) is 2.23. The van der Waals surface area contributed by atoms with Gasteiger partial charge in [-0.1, -0.05) is 13.0 Å². The van der Waals surface area contributed by atoms with E-state index >= 15 is 0 Å². The molecule has 3 unspecified atom stereocenters. The van der Waals surface area contributed by atoms with Crippen LogP contribution in [0.1, 0.15) is 37.9 Å². The summed E-state index contributed by atoms with van der Waals surface area (Å²) >= 11 is 0. The maximum Gasteiger partial charge on any atom is 0.250 e. The standard InChI is InChI=1S/C13H19NO2/c1-9-6-7-11(15)8-12(9)14-10(2)4-3-5-13(14)16/h3-5,9,11-12,15H,6-8H2,1-2H3. The first-order chi connectivity index (χ1) is 7.59. The van der Waals surface area contributed by atoms with Crippen molar-refractivity contribution in [2.24, 2.45) is 5.92 Å². The van der Waals surface area contributed by atoms with Gasteiger partial charge in [-0.25, -0.2) is 0 Å². The number of hydrogen-bond donors (Lipinski definition) is 1. The first-order valence-corrected chi connectivity index (χ1v) is 5.96. The largest absolute Gasteiger partial charge is 0.393 e. The highest BCUT2D eigenvalue weighted by atomic mass is 16.3. The van der Waals surface area contributed by atoms with Gasteiger partial charge < -0.3 is 9.67 Å². The molecule has 0 bridgehead atoms. The lowest BCUT2D eigenvalue weighted by atomic mass is 9.84. The zero-order valence-electron chi connectivity index (χ0n) is 9.89. The van der Waals surface area contributed by atoms with Crippen LogP contribution in [0.25, 0.3) is 0 Å². The molecule has 16 heavy (non-hydrogen) atoms. The number of aliphatic hydroxyl groups is 1. The van der Waals surface area contributed by atoms with Crippen LogP contribution >= 0.6 is 0 Å². The van der Waals surface area contributed by atoms with Crippen molar-refractivity contribution in [1.29, 1.82) is 0 Å². The van der Waals surface area contributed by atoms with Crippen molar-refractivity contribution in [3.05, 3.63) is 34.2 Å². The normalized spacial score (nSPS) is 30.3. The second kappa shape index (κ2) is 4.42. The summed E-state index contributed by atoms with van der Waals surface area (Å²) in [4.78, 5) is 11.9. The van der Waals surface area contributed by atoms with Crippen LogP contribution in [0.15, 0.2) is 23.0 Å². The highest BCUT2D eigenvalue weighted by Gasteiger charge is 2.28. The zero-order valence-corrected chi connectivity index (χ0v) is 9.89. The van der Waals surface area contributed by atoms with E-state index in [1.54, 1.807) is 12.1 Å². The first-order valence-electron chi connectivity index (χ1n) is 5.96. The van der Waals surface area contributed by atoms with Gasteiger partial charge in [0.2, 0.25) is 0 Å². The molecule has 1 aliphatic carbocycles. The van der Waals surface area contributed by atoms with Crippen LogP contribution in [0, 0.1) is 12.8 Å². The minimum absolute atomic E-state index is 0.0472. The maximum atomic E-state index is 11.9. The Morgan fingerprint density at radius 1 is 1.38 bits per heavy atom. The Kier molecular flexibility index (Phi) is 3.15. The topological polar surface area (TPSA) is 42.2 Å². The average molecular weight is 221 g/mol. The van der Waals surface area contributed by atoms with Crippen molar-refractivity contribution in [3.63, 3.8) is 0 Å². The molecule has 1 aromatic rings. The summed E-state index contributed by atoms with van der Waals surface area (Å²) in [6.07, 6.45) is 2.30. The van der Waals surface area contributed by atoms with E-state index in [9.17, 15) is 9.90 Å². The van der Waals surface area contributed by atoms with E-state index in [4.69, 9.17) is 0 Å². The van der Waals surface area contributed by atoms with E-state index < -0.39 is 0 Å².